The van der Waals surface area contributed by atoms with Crippen molar-refractivity contribution in [1.29, 1.82) is 0 Å². The highest BCUT2D eigenvalue weighted by molar-refractivity contribution is 5.88. The molecule has 0 bridgehead atoms. The van der Waals surface area contributed by atoms with Crippen LogP contribution in [0.5, 0.6) is 12.0 Å². The Bertz CT molecular complexity index is 3050. The summed E-state index contributed by atoms with van der Waals surface area (Å²) >= 11 is 0. The maximum atomic E-state index is 13.0. The van der Waals surface area contributed by atoms with Crippen molar-refractivity contribution in [3.8, 4) is 12.0 Å². The molecule has 6 aliphatic rings. The number of piperazine rings is 1. The van der Waals surface area contributed by atoms with E-state index in [4.69, 9.17) is 52.4 Å². The number of carboxylic acid groups (broad SMARTS) is 1. The molecule has 1 amide bonds. The first-order valence-corrected chi connectivity index (χ1v) is 30.3. The molecule has 10 rings (SSSR count). The Balaban J connectivity index is 0.000000218. The SMILES string of the molecule is C.COC/C=C/C(=O)O.[C-]#[N+]C[C@@H]1CCCN(c2nc(OC[C@@H]3CCCN3C)nc3c2CCN(c2cccc(C)c2C)C3)C1.[C-]#[N+]C[C@H]1CN(c2nc(OC[C@@H]3CCCN3C)nc3c2CCN(c2cccc(C)c2C)C3)CCN1C(=O)/C=C/COC. The minimum Gasteiger partial charge on any atom is -0.478 e. The Kier molecular flexibility index (Phi) is 24.9. The van der Waals surface area contributed by atoms with E-state index >= 15 is 0 Å². The molecule has 4 atom stereocenters. The van der Waals surface area contributed by atoms with Crippen molar-refractivity contribution in [3.05, 3.63) is 128 Å². The van der Waals surface area contributed by atoms with E-state index in [2.05, 4.69) is 122 Å². The number of hydrogen-bond donors (Lipinski definition) is 1. The molecule has 0 radical (unpaired) electrons. The monoisotopic (exact) mass is 1180 g/mol. The molecule has 4 saturated heterocycles. The van der Waals surface area contributed by atoms with Crippen molar-refractivity contribution in [1.82, 2.24) is 34.6 Å². The number of carboxylic acids is 1. The standard InChI is InChI=1S/C32H43N7O3.C28H38N6O.C5H8O3.CH4/c1-23-9-6-11-29(24(23)2)37-15-13-27-28(21-37)34-32(42-22-25-10-7-14-36(25)4)35-31(27)38-16-17-39(26(20-38)19-33-3)30(40)12-8-18-41-5;1-20-8-5-11-26(21(20)2)33-15-12-24-25(18-33)30-28(35-19-23-10-7-13-32(23)4)31-27(24)34-14-6-9-22(17-34)16-29-3;1-8-4-2-3-5(6)7;/h6,8-9,11-12,25-26H,7,10,13-22H2,1-2,4-5H3;5,8,11,22-23H,6-7,9-10,12-19H2,1-2,4H3;2-3H,4H2,1H3,(H,6,7);1H4/b12-8+;;3-2+;/t25-,26-;22-,23-;;/m00../s1. The van der Waals surface area contributed by atoms with Crippen LogP contribution in [0.25, 0.3) is 9.69 Å². The van der Waals surface area contributed by atoms with Crippen molar-refractivity contribution in [2.24, 2.45) is 5.92 Å². The third-order valence-corrected chi connectivity index (χ3v) is 17.6. The number of carbonyl (C=O) groups excluding carboxylic acids is 1. The van der Waals surface area contributed by atoms with Gasteiger partial charge < -0.3 is 68.0 Å². The zero-order chi connectivity index (χ0) is 60.4. The van der Waals surface area contributed by atoms with E-state index in [9.17, 15) is 9.59 Å². The van der Waals surface area contributed by atoms with Crippen molar-refractivity contribution < 1.29 is 33.6 Å². The number of methoxy groups -OCH3 is 2. The van der Waals surface area contributed by atoms with E-state index in [1.807, 2.05) is 4.90 Å². The van der Waals surface area contributed by atoms with Gasteiger partial charge in [0.25, 0.3) is 0 Å². The average Bonchev–Trinajstić information content (AvgIpc) is 1.69. The first-order chi connectivity index (χ1) is 41.2. The van der Waals surface area contributed by atoms with Crippen LogP contribution in [-0.4, -0.2) is 196 Å². The number of anilines is 4. The van der Waals surface area contributed by atoms with Gasteiger partial charge in [0.2, 0.25) is 19.0 Å². The lowest BCUT2D eigenvalue weighted by Gasteiger charge is -2.41. The van der Waals surface area contributed by atoms with Gasteiger partial charge in [-0.2, -0.15) is 19.9 Å². The van der Waals surface area contributed by atoms with Gasteiger partial charge in [-0.3, -0.25) is 4.79 Å². The number of aromatic nitrogens is 4. The lowest BCUT2D eigenvalue weighted by atomic mass is 9.96. The molecule has 464 valence electrons. The molecule has 6 aliphatic heterocycles. The molecule has 0 aliphatic carbocycles. The Morgan fingerprint density at radius 1 is 0.616 bits per heavy atom. The highest BCUT2D eigenvalue weighted by Crippen LogP contribution is 2.37. The summed E-state index contributed by atoms with van der Waals surface area (Å²) in [7, 11) is 7.42. The third-order valence-electron chi connectivity index (χ3n) is 17.6. The van der Waals surface area contributed by atoms with Crippen molar-refractivity contribution >= 4 is 34.9 Å². The highest BCUT2D eigenvalue weighted by atomic mass is 16.5. The molecule has 4 aromatic rings. The van der Waals surface area contributed by atoms with Crippen LogP contribution in [0.4, 0.5) is 23.0 Å². The van der Waals surface area contributed by atoms with Gasteiger partial charge in [-0.1, -0.05) is 43.8 Å². The normalized spacial score (nSPS) is 20.5. The molecule has 0 unspecified atom stereocenters. The van der Waals surface area contributed by atoms with Gasteiger partial charge in [0.05, 0.1) is 37.7 Å². The number of hydrogen-bond acceptors (Lipinski definition) is 16. The Hall–Kier alpha value is -7.36. The van der Waals surface area contributed by atoms with Gasteiger partial charge in [0, 0.05) is 113 Å². The van der Waals surface area contributed by atoms with Crippen LogP contribution in [-0.2, 0) is 45.0 Å². The maximum absolute atomic E-state index is 13.0. The second-order valence-electron chi connectivity index (χ2n) is 23.3. The number of amides is 1. The molecule has 20 nitrogen and oxygen atoms in total. The first kappa shape index (κ1) is 66.2. The van der Waals surface area contributed by atoms with E-state index in [1.54, 1.807) is 19.3 Å². The van der Waals surface area contributed by atoms with Crippen molar-refractivity contribution in [2.45, 2.75) is 118 Å². The Labute approximate surface area is 511 Å². The number of nitrogens with zero attached hydrogens (tertiary/aromatic N) is 13. The van der Waals surface area contributed by atoms with Crippen molar-refractivity contribution in [3.63, 3.8) is 0 Å². The number of benzene rings is 2. The van der Waals surface area contributed by atoms with E-state index < -0.39 is 5.97 Å². The lowest BCUT2D eigenvalue weighted by Crippen LogP contribution is -2.56. The third kappa shape index (κ3) is 17.2. The second-order valence-corrected chi connectivity index (χ2v) is 23.3. The lowest BCUT2D eigenvalue weighted by molar-refractivity contribution is -0.131. The van der Waals surface area contributed by atoms with Crippen LogP contribution in [0, 0.1) is 46.8 Å². The van der Waals surface area contributed by atoms with Crippen LogP contribution in [0.3, 0.4) is 0 Å². The minimum atomic E-state index is -0.943. The van der Waals surface area contributed by atoms with E-state index in [1.165, 1.54) is 71.6 Å². The fourth-order valence-electron chi connectivity index (χ4n) is 12.4. The van der Waals surface area contributed by atoms with Crippen LogP contribution in [0.15, 0.2) is 60.7 Å². The van der Waals surface area contributed by atoms with E-state index in [0.717, 1.165) is 113 Å². The summed E-state index contributed by atoms with van der Waals surface area (Å²) < 4.78 is 22.1. The first-order valence-electron chi connectivity index (χ1n) is 30.3. The molecule has 86 heavy (non-hydrogen) atoms. The number of aliphatic carboxylic acids is 1. The molecule has 0 saturated carbocycles. The molecule has 8 heterocycles. The van der Waals surface area contributed by atoms with Gasteiger partial charge in [-0.05, 0) is 141 Å². The summed E-state index contributed by atoms with van der Waals surface area (Å²) in [6.07, 6.45) is 14.4. The smallest absolute Gasteiger partial charge is 0.328 e. The molecule has 20 heteroatoms. The summed E-state index contributed by atoms with van der Waals surface area (Å²) in [5, 5.41) is 8.00. The summed E-state index contributed by atoms with van der Waals surface area (Å²) in [5.41, 5.74) is 12.2. The number of carbonyl (C=O) groups is 2. The summed E-state index contributed by atoms with van der Waals surface area (Å²) in [4.78, 5) is 66.0. The molecule has 2 aromatic heterocycles. The van der Waals surface area contributed by atoms with Crippen molar-refractivity contribution in [2.75, 3.05) is 146 Å². The van der Waals surface area contributed by atoms with Gasteiger partial charge >= 0.3 is 18.0 Å². The fraction of sp³-hybridized carbons (Fsp3) is 0.576. The molecule has 2 aromatic carbocycles. The predicted molar refractivity (Wildman–Crippen MR) is 340 cm³/mol. The number of likely N-dealkylation sites (N-methyl/N-ethyl adjacent to an activating group) is 2. The van der Waals surface area contributed by atoms with Crippen LogP contribution >= 0.6 is 0 Å². The van der Waals surface area contributed by atoms with E-state index in [0.29, 0.717) is 89.2 Å². The van der Waals surface area contributed by atoms with Gasteiger partial charge in [-0.15, -0.1) is 0 Å². The fourth-order valence-corrected chi connectivity index (χ4v) is 12.4. The number of fused-ring (bicyclic) bond motifs is 2. The number of rotatable bonds is 18. The molecule has 0 spiro atoms. The number of likely N-dealkylation sites (tertiary alicyclic amines) is 2. The van der Waals surface area contributed by atoms with Crippen LogP contribution in [0.2, 0.25) is 0 Å². The topological polar surface area (TPSA) is 174 Å². The van der Waals surface area contributed by atoms with Gasteiger partial charge in [0.15, 0.2) is 0 Å². The quantitative estimate of drug-likeness (QED) is 0.0742. The summed E-state index contributed by atoms with van der Waals surface area (Å²) in [6.45, 7) is 35.5. The predicted octanol–water partition coefficient (Wildman–Crippen LogP) is 8.44. The maximum Gasteiger partial charge on any atom is 0.328 e. The van der Waals surface area contributed by atoms with Crippen LogP contribution in [0.1, 0.15) is 90.7 Å². The van der Waals surface area contributed by atoms with Gasteiger partial charge in [-0.25, -0.2) is 17.9 Å². The molecule has 1 N–H and O–H groups in total. The summed E-state index contributed by atoms with van der Waals surface area (Å²) in [5.74, 6) is 1.31. The zero-order valence-electron chi connectivity index (χ0n) is 51.5. The number of ether oxygens (including phenoxy) is 4. The van der Waals surface area contributed by atoms with E-state index in [-0.39, 0.29) is 25.9 Å². The zero-order valence-corrected chi connectivity index (χ0v) is 51.5. The highest BCUT2D eigenvalue weighted by Gasteiger charge is 2.36. The molecular formula is C66H93N13O7. The Morgan fingerprint density at radius 3 is 1.59 bits per heavy atom. The largest absolute Gasteiger partial charge is 0.478 e. The molecule has 4 fully saturated rings. The average molecular weight is 1180 g/mol. The summed E-state index contributed by atoms with van der Waals surface area (Å²) in [6, 6.07) is 14.5. The second kappa shape index (κ2) is 32.4. The Morgan fingerprint density at radius 2 is 1.12 bits per heavy atom. The molecular weight excluding hydrogens is 1090 g/mol. The number of aryl methyl sites for hydroxylation is 2. The van der Waals surface area contributed by atoms with Gasteiger partial charge in [0.1, 0.15) is 30.9 Å². The van der Waals surface area contributed by atoms with Crippen LogP contribution < -0.4 is 29.1 Å². The number of piperidine rings is 1. The minimum absolute atomic E-state index is 0.